The molecular formula is C14H20N4O4S. The monoisotopic (exact) mass is 340 g/mol. The Morgan fingerprint density at radius 1 is 1.43 bits per heavy atom. The SMILES string of the molecule is Cc1noc(C)c1S(=O)(=O)NC[C@@H]1CCO[C@H]1c1ccnn1C. The van der Waals surface area contributed by atoms with Crippen LogP contribution in [0.4, 0.5) is 0 Å². The molecule has 0 radical (unpaired) electrons. The van der Waals surface area contributed by atoms with Crippen molar-refractivity contribution < 1.29 is 17.7 Å². The Labute approximate surface area is 134 Å². The molecule has 0 saturated carbocycles. The molecule has 23 heavy (non-hydrogen) atoms. The molecule has 9 heteroatoms. The predicted octanol–water partition coefficient (Wildman–Crippen LogP) is 1.08. The standard InChI is InChI=1S/C14H20N4O4S/c1-9-14(10(2)22-17-9)23(19,20)16-8-11-5-7-21-13(11)12-4-6-15-18(12)3/h4,6,11,13,16H,5,7-8H2,1-3H3/t11-,13+/m0/s1. The van der Waals surface area contributed by atoms with Crippen molar-refractivity contribution in [2.75, 3.05) is 13.2 Å². The fraction of sp³-hybridized carbons (Fsp3) is 0.571. The summed E-state index contributed by atoms with van der Waals surface area (Å²) < 4.78 is 40.1. The number of nitrogens with zero attached hydrogens (tertiary/aromatic N) is 3. The zero-order chi connectivity index (χ0) is 16.6. The Balaban J connectivity index is 1.74. The van der Waals surface area contributed by atoms with Crippen molar-refractivity contribution in [2.45, 2.75) is 31.3 Å². The highest BCUT2D eigenvalue weighted by Crippen LogP contribution is 2.34. The van der Waals surface area contributed by atoms with Crippen molar-refractivity contribution in [3.8, 4) is 0 Å². The smallest absolute Gasteiger partial charge is 0.245 e. The fourth-order valence-corrected chi connectivity index (χ4v) is 4.40. The molecule has 0 aromatic carbocycles. The first-order chi connectivity index (χ1) is 10.9. The minimum Gasteiger partial charge on any atom is -0.372 e. The maximum Gasteiger partial charge on any atom is 0.245 e. The van der Waals surface area contributed by atoms with Gasteiger partial charge in [0.15, 0.2) is 5.76 Å². The maximum atomic E-state index is 12.5. The molecule has 126 valence electrons. The Morgan fingerprint density at radius 3 is 2.83 bits per heavy atom. The maximum absolute atomic E-state index is 12.5. The predicted molar refractivity (Wildman–Crippen MR) is 81.2 cm³/mol. The first-order valence-corrected chi connectivity index (χ1v) is 8.90. The molecule has 0 bridgehead atoms. The lowest BCUT2D eigenvalue weighted by atomic mass is 9.99. The van der Waals surface area contributed by atoms with Gasteiger partial charge in [0.2, 0.25) is 10.0 Å². The summed E-state index contributed by atoms with van der Waals surface area (Å²) in [6.45, 7) is 4.10. The molecule has 2 atom stereocenters. The Kier molecular flexibility index (Phi) is 4.26. The Bertz CT molecular complexity index is 776. The van der Waals surface area contributed by atoms with Gasteiger partial charge in [-0.05, 0) is 26.3 Å². The molecule has 1 aliphatic rings. The topological polar surface area (TPSA) is 99.2 Å². The summed E-state index contributed by atoms with van der Waals surface area (Å²) in [6, 6.07) is 1.89. The molecule has 1 saturated heterocycles. The number of aryl methyl sites for hydroxylation is 3. The van der Waals surface area contributed by atoms with Crippen LogP contribution in [-0.4, -0.2) is 36.5 Å². The van der Waals surface area contributed by atoms with Gasteiger partial charge in [0, 0.05) is 32.3 Å². The molecule has 0 spiro atoms. The summed E-state index contributed by atoms with van der Waals surface area (Å²) in [7, 11) is -1.80. The second-order valence-corrected chi connectivity index (χ2v) is 7.43. The molecule has 3 heterocycles. The van der Waals surface area contributed by atoms with Gasteiger partial charge in [-0.1, -0.05) is 5.16 Å². The lowest BCUT2D eigenvalue weighted by Gasteiger charge is -2.19. The van der Waals surface area contributed by atoms with Gasteiger partial charge < -0.3 is 9.26 Å². The molecule has 0 aliphatic carbocycles. The number of sulfonamides is 1. The highest BCUT2D eigenvalue weighted by Gasteiger charge is 2.33. The molecule has 1 fully saturated rings. The molecule has 0 amide bonds. The van der Waals surface area contributed by atoms with Crippen LogP contribution in [0, 0.1) is 19.8 Å². The van der Waals surface area contributed by atoms with Gasteiger partial charge in [0.1, 0.15) is 16.7 Å². The fourth-order valence-electron chi connectivity index (χ4n) is 2.98. The van der Waals surface area contributed by atoms with Gasteiger partial charge in [0.25, 0.3) is 0 Å². The second-order valence-electron chi connectivity index (χ2n) is 5.73. The third-order valence-corrected chi connectivity index (χ3v) is 5.80. The number of aromatic nitrogens is 3. The summed E-state index contributed by atoms with van der Waals surface area (Å²) in [5.41, 5.74) is 1.31. The van der Waals surface area contributed by atoms with E-state index in [1.807, 2.05) is 13.1 Å². The lowest BCUT2D eigenvalue weighted by molar-refractivity contribution is 0.0850. The number of hydrogen-bond donors (Lipinski definition) is 1. The first-order valence-electron chi connectivity index (χ1n) is 7.42. The first kappa shape index (κ1) is 16.2. The van der Waals surface area contributed by atoms with E-state index < -0.39 is 10.0 Å². The zero-order valence-corrected chi connectivity index (χ0v) is 14.1. The van der Waals surface area contributed by atoms with Crippen molar-refractivity contribution in [1.82, 2.24) is 19.7 Å². The van der Waals surface area contributed by atoms with E-state index in [4.69, 9.17) is 9.26 Å². The van der Waals surface area contributed by atoms with Gasteiger partial charge in [-0.2, -0.15) is 5.10 Å². The van der Waals surface area contributed by atoms with Gasteiger partial charge in [0.05, 0.1) is 5.69 Å². The van der Waals surface area contributed by atoms with E-state index in [0.717, 1.165) is 12.1 Å². The van der Waals surface area contributed by atoms with Crippen molar-refractivity contribution in [3.63, 3.8) is 0 Å². The Morgan fingerprint density at radius 2 is 2.22 bits per heavy atom. The number of ether oxygens (including phenoxy) is 1. The average Bonchev–Trinajstić information content (AvgIpc) is 3.17. The summed E-state index contributed by atoms with van der Waals surface area (Å²) in [5, 5.41) is 7.84. The van der Waals surface area contributed by atoms with Crippen LogP contribution in [0.1, 0.15) is 29.7 Å². The second kappa shape index (κ2) is 6.06. The molecule has 2 aromatic rings. The molecule has 0 unspecified atom stereocenters. The third kappa shape index (κ3) is 3.04. The summed E-state index contributed by atoms with van der Waals surface area (Å²) in [6.07, 6.45) is 2.34. The molecule has 3 rings (SSSR count). The van der Waals surface area contributed by atoms with Crippen LogP contribution in [0.2, 0.25) is 0 Å². The van der Waals surface area contributed by atoms with Crippen LogP contribution < -0.4 is 4.72 Å². The van der Waals surface area contributed by atoms with E-state index in [1.54, 1.807) is 24.7 Å². The number of nitrogens with one attached hydrogen (secondary N) is 1. The quantitative estimate of drug-likeness (QED) is 0.874. The van der Waals surface area contributed by atoms with Gasteiger partial charge in [-0.25, -0.2) is 13.1 Å². The van der Waals surface area contributed by atoms with Crippen molar-refractivity contribution in [2.24, 2.45) is 13.0 Å². The molecule has 1 aliphatic heterocycles. The van der Waals surface area contributed by atoms with Crippen LogP contribution in [0.15, 0.2) is 21.7 Å². The van der Waals surface area contributed by atoms with Crippen LogP contribution >= 0.6 is 0 Å². The lowest BCUT2D eigenvalue weighted by Crippen LogP contribution is -2.31. The van der Waals surface area contributed by atoms with Crippen molar-refractivity contribution >= 4 is 10.0 Å². The van der Waals surface area contributed by atoms with E-state index in [9.17, 15) is 8.42 Å². The summed E-state index contributed by atoms with van der Waals surface area (Å²) in [5.74, 6) is 0.349. The highest BCUT2D eigenvalue weighted by atomic mass is 32.2. The van der Waals surface area contributed by atoms with E-state index in [1.165, 1.54) is 0 Å². The van der Waals surface area contributed by atoms with Gasteiger partial charge in [-0.15, -0.1) is 0 Å². The van der Waals surface area contributed by atoms with Gasteiger partial charge >= 0.3 is 0 Å². The van der Waals surface area contributed by atoms with E-state index in [0.29, 0.717) is 24.6 Å². The third-order valence-electron chi connectivity index (χ3n) is 4.14. The summed E-state index contributed by atoms with van der Waals surface area (Å²) >= 11 is 0. The van der Waals surface area contributed by atoms with E-state index >= 15 is 0 Å². The minimum absolute atomic E-state index is 0.0562. The van der Waals surface area contributed by atoms with Crippen LogP contribution in [-0.2, 0) is 21.8 Å². The van der Waals surface area contributed by atoms with Crippen LogP contribution in [0.25, 0.3) is 0 Å². The molecule has 2 aromatic heterocycles. The van der Waals surface area contributed by atoms with Crippen LogP contribution in [0.3, 0.4) is 0 Å². The zero-order valence-electron chi connectivity index (χ0n) is 13.3. The van der Waals surface area contributed by atoms with Crippen molar-refractivity contribution in [1.29, 1.82) is 0 Å². The van der Waals surface area contributed by atoms with Crippen LogP contribution in [0.5, 0.6) is 0 Å². The Hall–Kier alpha value is -1.71. The highest BCUT2D eigenvalue weighted by molar-refractivity contribution is 7.89. The van der Waals surface area contributed by atoms with E-state index in [-0.39, 0.29) is 16.9 Å². The normalized spacial score (nSPS) is 21.9. The molecular weight excluding hydrogens is 320 g/mol. The largest absolute Gasteiger partial charge is 0.372 e. The molecule has 8 nitrogen and oxygen atoms in total. The number of hydrogen-bond acceptors (Lipinski definition) is 6. The number of rotatable bonds is 5. The van der Waals surface area contributed by atoms with E-state index in [2.05, 4.69) is 15.0 Å². The van der Waals surface area contributed by atoms with Gasteiger partial charge in [-0.3, -0.25) is 4.68 Å². The molecule has 1 N–H and O–H groups in total. The van der Waals surface area contributed by atoms with Crippen molar-refractivity contribution in [3.05, 3.63) is 29.4 Å². The minimum atomic E-state index is -3.65. The summed E-state index contributed by atoms with van der Waals surface area (Å²) in [4.78, 5) is 0.119. The average molecular weight is 340 g/mol.